The van der Waals surface area contributed by atoms with E-state index in [1.54, 1.807) is 12.1 Å². The molecule has 102 valence electrons. The monoisotopic (exact) mass is 281 g/mol. The van der Waals surface area contributed by atoms with E-state index in [4.69, 9.17) is 5.26 Å². The molecular weight excluding hydrogens is 266 g/mol. The lowest BCUT2D eigenvalue weighted by Gasteiger charge is -2.08. The lowest BCUT2D eigenvalue weighted by atomic mass is 10.2. The molecule has 0 aromatic heterocycles. The van der Waals surface area contributed by atoms with Gasteiger partial charge in [0.05, 0.1) is 17.0 Å². The van der Waals surface area contributed by atoms with Gasteiger partial charge in [-0.1, -0.05) is 19.1 Å². The number of nitrogens with one attached hydrogen (secondary N) is 2. The lowest BCUT2D eigenvalue weighted by molar-refractivity contribution is -0.119. The molecule has 0 radical (unpaired) electrons. The van der Waals surface area contributed by atoms with Gasteiger partial charge < -0.3 is 5.32 Å². The minimum Gasteiger partial charge on any atom is -0.355 e. The first-order chi connectivity index (χ1) is 9.01. The maximum absolute atomic E-state index is 11.9. The summed E-state index contributed by atoms with van der Waals surface area (Å²) in [4.78, 5) is 11.2. The SMILES string of the molecule is CCCNC(=O)CNS(=O)(=O)c1ccccc1C#N. The predicted molar refractivity (Wildman–Crippen MR) is 69.6 cm³/mol. The number of hydrogen-bond acceptors (Lipinski definition) is 4. The molecule has 0 saturated carbocycles. The maximum Gasteiger partial charge on any atom is 0.242 e. The van der Waals surface area contributed by atoms with Crippen LogP contribution in [0.2, 0.25) is 0 Å². The van der Waals surface area contributed by atoms with E-state index < -0.39 is 15.9 Å². The first kappa shape index (κ1) is 15.1. The lowest BCUT2D eigenvalue weighted by Crippen LogP contribution is -2.37. The first-order valence-electron chi connectivity index (χ1n) is 5.76. The summed E-state index contributed by atoms with van der Waals surface area (Å²) in [6.45, 7) is 2.05. The summed E-state index contributed by atoms with van der Waals surface area (Å²) in [7, 11) is -3.86. The van der Waals surface area contributed by atoms with Gasteiger partial charge >= 0.3 is 0 Å². The molecule has 0 aliphatic carbocycles. The number of rotatable bonds is 6. The third-order valence-electron chi connectivity index (χ3n) is 2.29. The van der Waals surface area contributed by atoms with Gasteiger partial charge in [-0.25, -0.2) is 13.1 Å². The van der Waals surface area contributed by atoms with Crippen LogP contribution in [0.15, 0.2) is 29.2 Å². The van der Waals surface area contributed by atoms with Crippen LogP contribution in [-0.4, -0.2) is 27.4 Å². The number of benzene rings is 1. The number of nitrogens with zero attached hydrogens (tertiary/aromatic N) is 1. The van der Waals surface area contributed by atoms with Gasteiger partial charge in [-0.15, -0.1) is 0 Å². The molecule has 7 heteroatoms. The van der Waals surface area contributed by atoms with Crippen LogP contribution in [0.5, 0.6) is 0 Å². The second kappa shape index (κ2) is 6.87. The molecule has 0 saturated heterocycles. The second-order valence-electron chi connectivity index (χ2n) is 3.78. The van der Waals surface area contributed by atoms with E-state index in [0.717, 1.165) is 6.42 Å². The summed E-state index contributed by atoms with van der Waals surface area (Å²) in [5.41, 5.74) is 0.0453. The van der Waals surface area contributed by atoms with Crippen molar-refractivity contribution in [2.45, 2.75) is 18.2 Å². The maximum atomic E-state index is 11.9. The van der Waals surface area contributed by atoms with Crippen molar-refractivity contribution in [3.8, 4) is 6.07 Å². The van der Waals surface area contributed by atoms with Crippen LogP contribution in [0.3, 0.4) is 0 Å². The van der Waals surface area contributed by atoms with Gasteiger partial charge in [0.2, 0.25) is 15.9 Å². The zero-order chi connectivity index (χ0) is 14.3. The molecule has 0 aliphatic rings. The molecule has 0 heterocycles. The Morgan fingerprint density at radius 3 is 2.68 bits per heavy atom. The van der Waals surface area contributed by atoms with Crippen molar-refractivity contribution in [3.63, 3.8) is 0 Å². The molecule has 0 atom stereocenters. The highest BCUT2D eigenvalue weighted by Crippen LogP contribution is 2.13. The number of carbonyl (C=O) groups is 1. The number of amides is 1. The number of nitriles is 1. The first-order valence-corrected chi connectivity index (χ1v) is 7.25. The molecule has 0 unspecified atom stereocenters. The highest BCUT2D eigenvalue weighted by Gasteiger charge is 2.18. The highest BCUT2D eigenvalue weighted by atomic mass is 32.2. The van der Waals surface area contributed by atoms with Crippen LogP contribution in [-0.2, 0) is 14.8 Å². The zero-order valence-corrected chi connectivity index (χ0v) is 11.3. The third kappa shape index (κ3) is 4.35. The van der Waals surface area contributed by atoms with E-state index in [2.05, 4.69) is 10.0 Å². The summed E-state index contributed by atoms with van der Waals surface area (Å²) < 4.78 is 26.1. The molecule has 1 rings (SSSR count). The van der Waals surface area contributed by atoms with E-state index >= 15 is 0 Å². The van der Waals surface area contributed by atoms with E-state index in [0.29, 0.717) is 6.54 Å². The standard InChI is InChI=1S/C12H15N3O3S/c1-2-7-14-12(16)9-15-19(17,18)11-6-4-3-5-10(11)8-13/h3-6,15H,2,7,9H2,1H3,(H,14,16). The molecular formula is C12H15N3O3S. The van der Waals surface area contributed by atoms with Crippen molar-refractivity contribution >= 4 is 15.9 Å². The number of hydrogen-bond donors (Lipinski definition) is 2. The van der Waals surface area contributed by atoms with Crippen LogP contribution in [0.1, 0.15) is 18.9 Å². The van der Waals surface area contributed by atoms with E-state index in [1.807, 2.05) is 6.92 Å². The predicted octanol–water partition coefficient (Wildman–Crippen LogP) is 0.363. The molecule has 0 spiro atoms. The molecule has 0 fully saturated rings. The third-order valence-corrected chi connectivity index (χ3v) is 3.75. The average molecular weight is 281 g/mol. The van der Waals surface area contributed by atoms with Gasteiger partial charge in [0, 0.05) is 6.54 Å². The topological polar surface area (TPSA) is 99.1 Å². The molecule has 19 heavy (non-hydrogen) atoms. The van der Waals surface area contributed by atoms with Gasteiger partial charge in [-0.05, 0) is 18.6 Å². The van der Waals surface area contributed by atoms with E-state index in [-0.39, 0.29) is 17.0 Å². The molecule has 1 aromatic carbocycles. The van der Waals surface area contributed by atoms with Crippen molar-refractivity contribution in [2.24, 2.45) is 0 Å². The largest absolute Gasteiger partial charge is 0.355 e. The van der Waals surface area contributed by atoms with Crippen LogP contribution < -0.4 is 10.0 Å². The van der Waals surface area contributed by atoms with Gasteiger partial charge in [-0.2, -0.15) is 5.26 Å². The van der Waals surface area contributed by atoms with Crippen LogP contribution in [0.25, 0.3) is 0 Å². The Balaban J connectivity index is 2.77. The van der Waals surface area contributed by atoms with Gasteiger partial charge in [0.1, 0.15) is 6.07 Å². The summed E-state index contributed by atoms with van der Waals surface area (Å²) in [5, 5.41) is 11.4. The van der Waals surface area contributed by atoms with Crippen molar-refractivity contribution in [3.05, 3.63) is 29.8 Å². The Kier molecular flexibility index (Phi) is 5.48. The fourth-order valence-corrected chi connectivity index (χ4v) is 2.50. The minimum absolute atomic E-state index is 0.0453. The Labute approximate surface area is 112 Å². The Bertz CT molecular complexity index is 590. The van der Waals surface area contributed by atoms with Gasteiger partial charge in [-0.3, -0.25) is 4.79 Å². The Hall–Kier alpha value is -1.91. The Morgan fingerprint density at radius 2 is 2.05 bits per heavy atom. The van der Waals surface area contributed by atoms with Crippen molar-refractivity contribution in [1.82, 2.24) is 10.0 Å². The minimum atomic E-state index is -3.86. The molecule has 0 bridgehead atoms. The molecule has 1 aromatic rings. The van der Waals surface area contributed by atoms with E-state index in [1.165, 1.54) is 18.2 Å². The second-order valence-corrected chi connectivity index (χ2v) is 5.52. The van der Waals surface area contributed by atoms with Gasteiger partial charge in [0.25, 0.3) is 0 Å². The van der Waals surface area contributed by atoms with Crippen LogP contribution >= 0.6 is 0 Å². The van der Waals surface area contributed by atoms with Crippen molar-refractivity contribution in [1.29, 1.82) is 5.26 Å². The average Bonchev–Trinajstić information content (AvgIpc) is 2.43. The van der Waals surface area contributed by atoms with Crippen molar-refractivity contribution < 1.29 is 13.2 Å². The quantitative estimate of drug-likeness (QED) is 0.786. The molecule has 2 N–H and O–H groups in total. The van der Waals surface area contributed by atoms with Crippen molar-refractivity contribution in [2.75, 3.05) is 13.1 Å². The summed E-state index contributed by atoms with van der Waals surface area (Å²) in [6, 6.07) is 7.63. The number of sulfonamides is 1. The fraction of sp³-hybridized carbons (Fsp3) is 0.333. The van der Waals surface area contributed by atoms with Gasteiger partial charge in [0.15, 0.2) is 0 Å². The summed E-state index contributed by atoms with van der Waals surface area (Å²) >= 11 is 0. The zero-order valence-electron chi connectivity index (χ0n) is 10.5. The molecule has 1 amide bonds. The molecule has 0 aliphatic heterocycles. The summed E-state index contributed by atoms with van der Waals surface area (Å²) in [6.07, 6.45) is 0.774. The normalized spacial score (nSPS) is 10.7. The fourth-order valence-electron chi connectivity index (χ4n) is 1.36. The van der Waals surface area contributed by atoms with Crippen LogP contribution in [0.4, 0.5) is 0 Å². The molecule has 6 nitrogen and oxygen atoms in total. The highest BCUT2D eigenvalue weighted by molar-refractivity contribution is 7.89. The summed E-state index contributed by atoms with van der Waals surface area (Å²) in [5.74, 6) is -0.403. The van der Waals surface area contributed by atoms with Crippen LogP contribution in [0, 0.1) is 11.3 Å². The number of carbonyl (C=O) groups excluding carboxylic acids is 1. The van der Waals surface area contributed by atoms with E-state index in [9.17, 15) is 13.2 Å². The smallest absolute Gasteiger partial charge is 0.242 e. The Morgan fingerprint density at radius 1 is 1.37 bits per heavy atom.